The molecule has 1 fully saturated rings. The van der Waals surface area contributed by atoms with Gasteiger partial charge in [0.05, 0.1) is 11.6 Å². The van der Waals surface area contributed by atoms with Crippen molar-refractivity contribution in [2.75, 3.05) is 13.7 Å². The van der Waals surface area contributed by atoms with Gasteiger partial charge < -0.3 is 4.74 Å². The molecular formula is C16H24BrNO. The first-order valence-electron chi connectivity index (χ1n) is 7.31. The summed E-state index contributed by atoms with van der Waals surface area (Å²) in [5.74, 6) is 0.910. The van der Waals surface area contributed by atoms with E-state index in [-0.39, 0.29) is 0 Å². The Morgan fingerprint density at radius 3 is 2.89 bits per heavy atom. The van der Waals surface area contributed by atoms with Crippen LogP contribution in [-0.2, 0) is 6.54 Å². The van der Waals surface area contributed by atoms with Crippen LogP contribution in [0.1, 0.15) is 44.6 Å². The van der Waals surface area contributed by atoms with Gasteiger partial charge >= 0.3 is 0 Å². The molecule has 3 heteroatoms. The van der Waals surface area contributed by atoms with Gasteiger partial charge in [-0.05, 0) is 59.4 Å². The van der Waals surface area contributed by atoms with Gasteiger partial charge in [-0.2, -0.15) is 0 Å². The molecule has 1 aliphatic heterocycles. The topological polar surface area (TPSA) is 12.5 Å². The molecule has 1 aliphatic rings. The van der Waals surface area contributed by atoms with Crippen LogP contribution >= 0.6 is 15.9 Å². The molecule has 1 atom stereocenters. The molecule has 0 bridgehead atoms. The van der Waals surface area contributed by atoms with Gasteiger partial charge in [-0.1, -0.05) is 25.8 Å². The molecule has 1 heterocycles. The van der Waals surface area contributed by atoms with Crippen molar-refractivity contribution in [2.45, 2.75) is 51.6 Å². The van der Waals surface area contributed by atoms with E-state index < -0.39 is 0 Å². The average Bonchev–Trinajstić information content (AvgIpc) is 2.41. The van der Waals surface area contributed by atoms with Crippen molar-refractivity contribution in [3.05, 3.63) is 28.2 Å². The predicted octanol–water partition coefficient (Wildman–Crippen LogP) is 4.61. The maximum absolute atomic E-state index is 5.29. The van der Waals surface area contributed by atoms with Gasteiger partial charge in [0.25, 0.3) is 0 Å². The minimum atomic E-state index is 0.777. The lowest BCUT2D eigenvalue weighted by atomic mass is 9.97. The van der Waals surface area contributed by atoms with E-state index in [2.05, 4.69) is 46.0 Å². The first-order valence-corrected chi connectivity index (χ1v) is 8.10. The first kappa shape index (κ1) is 14.9. The first-order chi connectivity index (χ1) is 9.24. The number of halogens is 1. The van der Waals surface area contributed by atoms with Crippen LogP contribution < -0.4 is 4.74 Å². The number of likely N-dealkylation sites (tertiary alicyclic amines) is 1. The highest BCUT2D eigenvalue weighted by Crippen LogP contribution is 2.28. The molecule has 0 saturated carbocycles. The quantitative estimate of drug-likeness (QED) is 0.783. The molecule has 0 radical (unpaired) electrons. The SMILES string of the molecule is CCCC1CCCCN1Cc1ccc(OC)c(Br)c1. The third-order valence-corrected chi connectivity index (χ3v) is 4.59. The van der Waals surface area contributed by atoms with Crippen LogP contribution in [-0.4, -0.2) is 24.6 Å². The number of hydrogen-bond donors (Lipinski definition) is 0. The Morgan fingerprint density at radius 1 is 1.37 bits per heavy atom. The van der Waals surface area contributed by atoms with Crippen LogP contribution in [0.4, 0.5) is 0 Å². The fourth-order valence-electron chi connectivity index (χ4n) is 2.97. The monoisotopic (exact) mass is 325 g/mol. The molecule has 0 amide bonds. The summed E-state index contributed by atoms with van der Waals surface area (Å²) < 4.78 is 6.34. The van der Waals surface area contributed by atoms with Crippen LogP contribution in [0.25, 0.3) is 0 Å². The summed E-state index contributed by atoms with van der Waals surface area (Å²) in [6.07, 6.45) is 6.72. The Kier molecular flexibility index (Phi) is 5.71. The molecule has 1 aromatic carbocycles. The Morgan fingerprint density at radius 2 is 2.21 bits per heavy atom. The third-order valence-electron chi connectivity index (χ3n) is 3.97. The van der Waals surface area contributed by atoms with E-state index in [9.17, 15) is 0 Å². The number of rotatable bonds is 5. The molecule has 2 rings (SSSR count). The second-order valence-corrected chi connectivity index (χ2v) is 6.23. The Bertz CT molecular complexity index is 406. The molecular weight excluding hydrogens is 302 g/mol. The summed E-state index contributed by atoms with van der Waals surface area (Å²) in [6, 6.07) is 7.20. The molecule has 0 aromatic heterocycles. The van der Waals surface area contributed by atoms with Gasteiger partial charge in [0.2, 0.25) is 0 Å². The summed E-state index contributed by atoms with van der Waals surface area (Å²) in [4.78, 5) is 2.65. The Balaban J connectivity index is 2.04. The van der Waals surface area contributed by atoms with Crippen LogP contribution in [0.2, 0.25) is 0 Å². The predicted molar refractivity (Wildman–Crippen MR) is 83.7 cm³/mol. The van der Waals surface area contributed by atoms with E-state index in [0.29, 0.717) is 0 Å². The van der Waals surface area contributed by atoms with Gasteiger partial charge in [0.1, 0.15) is 5.75 Å². The summed E-state index contributed by atoms with van der Waals surface area (Å²) >= 11 is 3.57. The summed E-state index contributed by atoms with van der Waals surface area (Å²) in [7, 11) is 1.71. The lowest BCUT2D eigenvalue weighted by Gasteiger charge is -2.35. The number of piperidine rings is 1. The number of benzene rings is 1. The molecule has 0 N–H and O–H groups in total. The smallest absolute Gasteiger partial charge is 0.133 e. The van der Waals surface area contributed by atoms with Crippen LogP contribution in [0.3, 0.4) is 0 Å². The Hall–Kier alpha value is -0.540. The van der Waals surface area contributed by atoms with Crippen molar-refractivity contribution < 1.29 is 4.74 Å². The molecule has 1 unspecified atom stereocenters. The van der Waals surface area contributed by atoms with Crippen LogP contribution in [0.5, 0.6) is 5.75 Å². The summed E-state index contributed by atoms with van der Waals surface area (Å²) in [5, 5.41) is 0. The van der Waals surface area contributed by atoms with E-state index >= 15 is 0 Å². The highest BCUT2D eigenvalue weighted by molar-refractivity contribution is 9.10. The van der Waals surface area contributed by atoms with Crippen molar-refractivity contribution in [1.29, 1.82) is 0 Å². The van der Waals surface area contributed by atoms with Gasteiger partial charge in [-0.15, -0.1) is 0 Å². The molecule has 0 aliphatic carbocycles. The number of nitrogens with zero attached hydrogens (tertiary/aromatic N) is 1. The standard InChI is InChI=1S/C16H24BrNO/c1-3-6-14-7-4-5-10-18(14)12-13-8-9-16(19-2)15(17)11-13/h8-9,11,14H,3-7,10,12H2,1-2H3. The zero-order valence-electron chi connectivity index (χ0n) is 12.0. The van der Waals surface area contributed by atoms with E-state index in [1.807, 2.05) is 0 Å². The minimum absolute atomic E-state index is 0.777. The van der Waals surface area contributed by atoms with Gasteiger partial charge in [-0.25, -0.2) is 0 Å². The number of ether oxygens (including phenoxy) is 1. The molecule has 1 saturated heterocycles. The largest absolute Gasteiger partial charge is 0.496 e. The molecule has 0 spiro atoms. The fraction of sp³-hybridized carbons (Fsp3) is 0.625. The maximum atomic E-state index is 5.29. The van der Waals surface area contributed by atoms with Gasteiger partial charge in [-0.3, -0.25) is 4.90 Å². The van der Waals surface area contributed by atoms with Crippen LogP contribution in [0, 0.1) is 0 Å². The van der Waals surface area contributed by atoms with Gasteiger partial charge in [0.15, 0.2) is 0 Å². The minimum Gasteiger partial charge on any atom is -0.496 e. The van der Waals surface area contributed by atoms with Gasteiger partial charge in [0, 0.05) is 12.6 Å². The Labute approximate surface area is 125 Å². The molecule has 2 nitrogen and oxygen atoms in total. The second kappa shape index (κ2) is 7.30. The number of methoxy groups -OCH3 is 1. The maximum Gasteiger partial charge on any atom is 0.133 e. The van der Waals surface area contributed by atoms with Crippen molar-refractivity contribution in [3.63, 3.8) is 0 Å². The highest BCUT2D eigenvalue weighted by Gasteiger charge is 2.21. The normalized spacial score (nSPS) is 20.5. The van der Waals surface area contributed by atoms with Crippen molar-refractivity contribution in [1.82, 2.24) is 4.90 Å². The lowest BCUT2D eigenvalue weighted by Crippen LogP contribution is -2.38. The van der Waals surface area contributed by atoms with E-state index in [0.717, 1.165) is 22.8 Å². The third kappa shape index (κ3) is 3.96. The molecule has 1 aromatic rings. The lowest BCUT2D eigenvalue weighted by molar-refractivity contribution is 0.131. The van der Waals surface area contributed by atoms with E-state index in [1.54, 1.807) is 7.11 Å². The van der Waals surface area contributed by atoms with Crippen molar-refractivity contribution in [2.24, 2.45) is 0 Å². The van der Waals surface area contributed by atoms with Crippen molar-refractivity contribution in [3.8, 4) is 5.75 Å². The molecule has 19 heavy (non-hydrogen) atoms. The van der Waals surface area contributed by atoms with Crippen molar-refractivity contribution >= 4 is 15.9 Å². The highest BCUT2D eigenvalue weighted by atomic mass is 79.9. The van der Waals surface area contributed by atoms with E-state index in [4.69, 9.17) is 4.74 Å². The summed E-state index contributed by atoms with van der Waals surface area (Å²) in [6.45, 7) is 4.60. The fourth-order valence-corrected chi connectivity index (χ4v) is 3.56. The van der Waals surface area contributed by atoms with Crippen LogP contribution in [0.15, 0.2) is 22.7 Å². The number of hydrogen-bond acceptors (Lipinski definition) is 2. The average molecular weight is 326 g/mol. The zero-order chi connectivity index (χ0) is 13.7. The second-order valence-electron chi connectivity index (χ2n) is 5.38. The van der Waals surface area contributed by atoms with E-state index in [1.165, 1.54) is 44.2 Å². The molecule has 106 valence electrons. The zero-order valence-corrected chi connectivity index (χ0v) is 13.6. The summed E-state index contributed by atoms with van der Waals surface area (Å²) in [5.41, 5.74) is 1.37.